The predicted molar refractivity (Wildman–Crippen MR) is 96.3 cm³/mol. The summed E-state index contributed by atoms with van der Waals surface area (Å²) in [5.74, 6) is 0.636. The van der Waals surface area contributed by atoms with Crippen LogP contribution < -0.4 is 10.6 Å². The molecule has 0 radical (unpaired) electrons. The maximum Gasteiger partial charge on any atom is 0.300 e. The van der Waals surface area contributed by atoms with E-state index in [1.54, 1.807) is 6.07 Å². The number of alkyl halides is 2. The Morgan fingerprint density at radius 3 is 2.32 bits per heavy atom. The van der Waals surface area contributed by atoms with E-state index in [4.69, 9.17) is 5.73 Å². The second-order valence-corrected chi connectivity index (χ2v) is 7.04. The highest BCUT2D eigenvalue weighted by atomic mass is 31.0. The molecule has 1 saturated heterocycles. The second-order valence-electron chi connectivity index (χ2n) is 6.32. The average molecular weight is 367 g/mol. The third-order valence-corrected chi connectivity index (χ3v) is 4.95. The number of aromatic nitrogens is 1. The Labute approximate surface area is 147 Å². The van der Waals surface area contributed by atoms with Gasteiger partial charge in [-0.3, -0.25) is 0 Å². The molecule has 1 aromatic heterocycles. The third-order valence-electron chi connectivity index (χ3n) is 4.65. The number of benzene rings is 1. The van der Waals surface area contributed by atoms with Crippen LogP contribution in [0.2, 0.25) is 0 Å². The van der Waals surface area contributed by atoms with Crippen molar-refractivity contribution in [2.24, 2.45) is 5.73 Å². The van der Waals surface area contributed by atoms with Gasteiger partial charge in [-0.1, -0.05) is 27.4 Å². The van der Waals surface area contributed by atoms with Crippen molar-refractivity contribution in [1.82, 2.24) is 4.98 Å². The van der Waals surface area contributed by atoms with Crippen LogP contribution in [-0.2, 0) is 12.2 Å². The Morgan fingerprint density at radius 1 is 1.12 bits per heavy atom. The molecule has 3 nitrogen and oxygen atoms in total. The number of rotatable bonds is 4. The molecule has 1 aromatic carbocycles. The summed E-state index contributed by atoms with van der Waals surface area (Å²) in [6.45, 7) is 1.66. The minimum absolute atomic E-state index is 0.242. The summed E-state index contributed by atoms with van der Waals surface area (Å²) >= 11 is 0. The molecule has 2 N–H and O–H groups in total. The summed E-state index contributed by atoms with van der Waals surface area (Å²) in [6, 6.07) is 9.52. The zero-order valence-corrected chi connectivity index (χ0v) is 14.9. The summed E-state index contributed by atoms with van der Waals surface area (Å²) in [7, 11) is 1.52. The lowest BCUT2D eigenvalue weighted by Crippen LogP contribution is -2.35. The zero-order valence-electron chi connectivity index (χ0n) is 13.8. The van der Waals surface area contributed by atoms with Gasteiger partial charge >= 0.3 is 0 Å². The molecule has 0 spiro atoms. The first kappa shape index (κ1) is 18.2. The van der Waals surface area contributed by atoms with Crippen LogP contribution in [0, 0.1) is 5.82 Å². The minimum Gasteiger partial charge on any atom is -0.356 e. The first-order valence-electron chi connectivity index (χ1n) is 8.26. The smallest absolute Gasteiger partial charge is 0.300 e. The molecule has 25 heavy (non-hydrogen) atoms. The number of anilines is 1. The maximum atomic E-state index is 13.6. The lowest BCUT2D eigenvalue weighted by Gasteiger charge is -2.34. The van der Waals surface area contributed by atoms with Crippen molar-refractivity contribution in [1.29, 1.82) is 0 Å². The topological polar surface area (TPSA) is 42.1 Å². The molecule has 3 rings (SSSR count). The van der Waals surface area contributed by atoms with Crippen molar-refractivity contribution < 1.29 is 13.2 Å². The Morgan fingerprint density at radius 2 is 1.76 bits per heavy atom. The SMILES string of the molecule is NCc1ccc(C(F)(F)P)nc1N1CCC(c2ccc(F)cc2)CC1. The van der Waals surface area contributed by atoms with Crippen LogP contribution in [0.15, 0.2) is 36.4 Å². The second kappa shape index (κ2) is 7.30. The van der Waals surface area contributed by atoms with E-state index in [2.05, 4.69) is 4.98 Å². The number of piperidine rings is 1. The molecule has 0 aliphatic carbocycles. The fourth-order valence-corrected chi connectivity index (χ4v) is 3.42. The Bertz CT molecular complexity index is 723. The molecule has 2 heterocycles. The van der Waals surface area contributed by atoms with Gasteiger partial charge in [-0.25, -0.2) is 9.37 Å². The highest BCUT2D eigenvalue weighted by Gasteiger charge is 2.29. The molecule has 1 atom stereocenters. The van der Waals surface area contributed by atoms with Gasteiger partial charge in [0.1, 0.15) is 17.3 Å². The predicted octanol–water partition coefficient (Wildman–Crippen LogP) is 3.99. The fraction of sp³-hybridized carbons (Fsp3) is 0.389. The van der Waals surface area contributed by atoms with Gasteiger partial charge in [0, 0.05) is 25.2 Å². The third kappa shape index (κ3) is 4.13. The lowest BCUT2D eigenvalue weighted by molar-refractivity contribution is 0.0987. The highest BCUT2D eigenvalue weighted by molar-refractivity contribution is 7.17. The fourth-order valence-electron chi connectivity index (χ4n) is 3.26. The monoisotopic (exact) mass is 367 g/mol. The summed E-state index contributed by atoms with van der Waals surface area (Å²) in [5.41, 5.74) is 4.29. The molecule has 1 aliphatic rings. The van der Waals surface area contributed by atoms with Crippen molar-refractivity contribution in [3.8, 4) is 0 Å². The van der Waals surface area contributed by atoms with E-state index < -0.39 is 5.66 Å². The molecular formula is C18H21F3N3P. The van der Waals surface area contributed by atoms with Gasteiger partial charge in [0.15, 0.2) is 0 Å². The van der Waals surface area contributed by atoms with Crippen LogP contribution in [0.4, 0.5) is 19.0 Å². The van der Waals surface area contributed by atoms with Crippen molar-refractivity contribution in [2.75, 3.05) is 18.0 Å². The van der Waals surface area contributed by atoms with Crippen LogP contribution >= 0.6 is 9.24 Å². The van der Waals surface area contributed by atoms with Crippen LogP contribution in [0.1, 0.15) is 35.6 Å². The quantitative estimate of drug-likeness (QED) is 0.831. The zero-order chi connectivity index (χ0) is 18.0. The molecule has 1 aliphatic heterocycles. The Kier molecular flexibility index (Phi) is 5.30. The Balaban J connectivity index is 1.77. The molecule has 0 saturated carbocycles. The van der Waals surface area contributed by atoms with Crippen LogP contribution in [-0.4, -0.2) is 18.1 Å². The maximum absolute atomic E-state index is 13.6. The number of nitrogens with two attached hydrogens (primary N) is 1. The minimum atomic E-state index is -3.06. The number of hydrogen-bond donors (Lipinski definition) is 1. The number of hydrogen-bond acceptors (Lipinski definition) is 3. The van der Waals surface area contributed by atoms with Gasteiger partial charge in [-0.2, -0.15) is 8.78 Å². The van der Waals surface area contributed by atoms with Crippen molar-refractivity contribution in [3.63, 3.8) is 0 Å². The van der Waals surface area contributed by atoms with E-state index in [0.29, 0.717) is 24.8 Å². The average Bonchev–Trinajstić information content (AvgIpc) is 2.61. The van der Waals surface area contributed by atoms with Crippen molar-refractivity contribution >= 4 is 15.1 Å². The molecule has 0 amide bonds. The lowest BCUT2D eigenvalue weighted by atomic mass is 9.89. The summed E-state index contributed by atoms with van der Waals surface area (Å²) in [6.07, 6.45) is 1.72. The molecule has 7 heteroatoms. The summed E-state index contributed by atoms with van der Waals surface area (Å²) in [5, 5.41) is 0. The summed E-state index contributed by atoms with van der Waals surface area (Å²) < 4.78 is 40.2. The van der Waals surface area contributed by atoms with E-state index in [9.17, 15) is 13.2 Å². The van der Waals surface area contributed by atoms with Gasteiger partial charge in [0.2, 0.25) is 0 Å². The highest BCUT2D eigenvalue weighted by Crippen LogP contribution is 2.36. The molecular weight excluding hydrogens is 346 g/mol. The van der Waals surface area contributed by atoms with E-state index >= 15 is 0 Å². The van der Waals surface area contributed by atoms with Crippen LogP contribution in [0.5, 0.6) is 0 Å². The molecule has 2 aromatic rings. The van der Waals surface area contributed by atoms with E-state index in [1.807, 2.05) is 17.0 Å². The first-order valence-corrected chi connectivity index (χ1v) is 8.84. The van der Waals surface area contributed by atoms with Crippen molar-refractivity contribution in [3.05, 3.63) is 59.0 Å². The molecule has 134 valence electrons. The van der Waals surface area contributed by atoms with E-state index in [1.165, 1.54) is 27.4 Å². The van der Waals surface area contributed by atoms with Crippen LogP contribution in [0.25, 0.3) is 0 Å². The first-order chi connectivity index (χ1) is 11.9. The molecule has 0 bridgehead atoms. The van der Waals surface area contributed by atoms with Gasteiger partial charge < -0.3 is 10.6 Å². The number of pyridine rings is 1. The summed E-state index contributed by atoms with van der Waals surface area (Å²) in [4.78, 5) is 6.19. The standard InChI is InChI=1S/C18H21F3N3P/c19-15-4-1-12(2-5-15)13-7-9-24(10-8-13)17-14(11-22)3-6-16(23-17)18(20,21)25/h1-6,13H,7-11,22,25H2. The van der Waals surface area contributed by atoms with Crippen molar-refractivity contribution in [2.45, 2.75) is 31.0 Å². The van der Waals surface area contributed by atoms with Gasteiger partial charge in [-0.15, -0.1) is 0 Å². The molecule has 1 unspecified atom stereocenters. The van der Waals surface area contributed by atoms with Gasteiger partial charge in [0.25, 0.3) is 5.66 Å². The molecule has 1 fully saturated rings. The largest absolute Gasteiger partial charge is 0.356 e. The van der Waals surface area contributed by atoms with Gasteiger partial charge in [0.05, 0.1) is 0 Å². The number of nitrogens with zero attached hydrogens (tertiary/aromatic N) is 2. The normalized spacial score (nSPS) is 16.3. The van der Waals surface area contributed by atoms with E-state index in [-0.39, 0.29) is 18.1 Å². The number of halogens is 3. The van der Waals surface area contributed by atoms with Crippen LogP contribution in [0.3, 0.4) is 0 Å². The Hall–Kier alpha value is -1.65. The van der Waals surface area contributed by atoms with E-state index in [0.717, 1.165) is 24.0 Å². The van der Waals surface area contributed by atoms with Gasteiger partial charge in [-0.05, 0) is 42.5 Å².